The number of halogens is 1. The summed E-state index contributed by atoms with van der Waals surface area (Å²) in [4.78, 5) is 2.26. The number of anilines is 1. The Kier molecular flexibility index (Phi) is 5.89. The molecule has 0 radical (unpaired) electrons. The zero-order chi connectivity index (χ0) is 21.5. The van der Waals surface area contributed by atoms with Gasteiger partial charge in [-0.05, 0) is 42.5 Å². The average Bonchev–Trinajstić information content (AvgIpc) is 3.32. The lowest BCUT2D eigenvalue weighted by Crippen LogP contribution is -3.00. The predicted molar refractivity (Wildman–Crippen MR) is 124 cm³/mol. The van der Waals surface area contributed by atoms with Crippen LogP contribution in [0.4, 0.5) is 5.69 Å². The number of fused-ring (bicyclic) bond motifs is 1. The van der Waals surface area contributed by atoms with Crippen molar-refractivity contribution < 1.29 is 36.1 Å². The molecule has 3 aromatic rings. The van der Waals surface area contributed by atoms with Crippen LogP contribution in [-0.2, 0) is 5.72 Å². The molecule has 3 aromatic carbocycles. The SMILES string of the molecule is OC1(c2ccc(-c3ccccc3)cc2)CN(c2ccc3c(c2)OCO3)C2=[N+]1CCCCC2.[Br-]. The van der Waals surface area contributed by atoms with E-state index in [4.69, 9.17) is 9.47 Å². The molecular formula is C27H27BrN2O3. The third-order valence-electron chi connectivity index (χ3n) is 6.85. The minimum absolute atomic E-state index is 0. The van der Waals surface area contributed by atoms with Crippen LogP contribution in [0.25, 0.3) is 11.1 Å². The van der Waals surface area contributed by atoms with Gasteiger partial charge in [-0.1, -0.05) is 54.6 Å². The van der Waals surface area contributed by atoms with E-state index in [1.165, 1.54) is 17.8 Å². The molecule has 3 aliphatic heterocycles. The smallest absolute Gasteiger partial charge is 0.271 e. The first-order valence-electron chi connectivity index (χ1n) is 11.4. The second-order valence-corrected chi connectivity index (χ2v) is 8.76. The summed E-state index contributed by atoms with van der Waals surface area (Å²) in [5.74, 6) is 2.74. The molecule has 0 amide bonds. The van der Waals surface area contributed by atoms with Gasteiger partial charge in [0, 0.05) is 18.1 Å². The average molecular weight is 507 g/mol. The van der Waals surface area contributed by atoms with Gasteiger partial charge >= 0.3 is 0 Å². The Morgan fingerprint density at radius 1 is 0.818 bits per heavy atom. The Morgan fingerprint density at radius 3 is 2.39 bits per heavy atom. The normalized spacial score (nSPS) is 21.4. The predicted octanol–water partition coefficient (Wildman–Crippen LogP) is 1.74. The molecule has 0 fully saturated rings. The largest absolute Gasteiger partial charge is 1.00 e. The first-order valence-corrected chi connectivity index (χ1v) is 11.4. The first kappa shape index (κ1) is 22.0. The first-order chi connectivity index (χ1) is 15.7. The molecule has 3 aliphatic rings. The van der Waals surface area contributed by atoms with Crippen LogP contribution in [0.2, 0.25) is 0 Å². The molecule has 0 spiro atoms. The number of benzene rings is 3. The maximum Gasteiger partial charge on any atom is 0.271 e. The Hall–Kier alpha value is -2.83. The molecule has 1 N–H and O–H groups in total. The number of rotatable bonds is 3. The molecule has 0 saturated carbocycles. The quantitative estimate of drug-likeness (QED) is 0.549. The zero-order valence-electron chi connectivity index (χ0n) is 18.4. The highest BCUT2D eigenvalue weighted by molar-refractivity contribution is 5.96. The van der Waals surface area contributed by atoms with Crippen LogP contribution in [0.3, 0.4) is 0 Å². The molecule has 0 aromatic heterocycles. The Labute approximate surface area is 204 Å². The van der Waals surface area contributed by atoms with Gasteiger partial charge in [0.15, 0.2) is 18.0 Å². The maximum absolute atomic E-state index is 12.1. The second kappa shape index (κ2) is 8.84. The van der Waals surface area contributed by atoms with Crippen molar-refractivity contribution in [3.63, 3.8) is 0 Å². The summed E-state index contributed by atoms with van der Waals surface area (Å²) in [6, 6.07) is 24.8. The molecule has 1 unspecified atom stereocenters. The fourth-order valence-corrected chi connectivity index (χ4v) is 5.17. The lowest BCUT2D eigenvalue weighted by atomic mass is 9.98. The summed E-state index contributed by atoms with van der Waals surface area (Å²) in [6.07, 6.45) is 4.36. The summed E-state index contributed by atoms with van der Waals surface area (Å²) < 4.78 is 13.3. The highest BCUT2D eigenvalue weighted by Gasteiger charge is 2.52. The van der Waals surface area contributed by atoms with Crippen LogP contribution in [0.1, 0.15) is 31.2 Å². The second-order valence-electron chi connectivity index (χ2n) is 8.76. The summed E-state index contributed by atoms with van der Waals surface area (Å²) in [5.41, 5.74) is 3.24. The van der Waals surface area contributed by atoms with Crippen molar-refractivity contribution in [2.75, 3.05) is 24.8 Å². The van der Waals surface area contributed by atoms with Crippen molar-refractivity contribution >= 4 is 11.5 Å². The highest BCUT2D eigenvalue weighted by atomic mass is 79.9. The third-order valence-corrected chi connectivity index (χ3v) is 6.85. The monoisotopic (exact) mass is 506 g/mol. The van der Waals surface area contributed by atoms with Crippen LogP contribution in [0.15, 0.2) is 72.8 Å². The molecule has 1 atom stereocenters. The van der Waals surface area contributed by atoms with Crippen molar-refractivity contribution in [2.45, 2.75) is 31.4 Å². The van der Waals surface area contributed by atoms with Crippen LogP contribution >= 0.6 is 0 Å². The van der Waals surface area contributed by atoms with E-state index in [-0.39, 0.29) is 23.8 Å². The Bertz CT molecular complexity index is 1180. The fourth-order valence-electron chi connectivity index (χ4n) is 5.17. The Morgan fingerprint density at radius 2 is 1.58 bits per heavy atom. The molecule has 170 valence electrons. The van der Waals surface area contributed by atoms with Crippen molar-refractivity contribution in [1.82, 2.24) is 0 Å². The lowest BCUT2D eigenvalue weighted by molar-refractivity contribution is -0.658. The van der Waals surface area contributed by atoms with Crippen LogP contribution in [0.5, 0.6) is 11.5 Å². The van der Waals surface area contributed by atoms with Crippen molar-refractivity contribution in [3.8, 4) is 22.6 Å². The number of hydrogen-bond acceptors (Lipinski definition) is 4. The van der Waals surface area contributed by atoms with E-state index in [0.29, 0.717) is 6.54 Å². The summed E-state index contributed by atoms with van der Waals surface area (Å²) >= 11 is 0. The van der Waals surface area contributed by atoms with E-state index in [2.05, 4.69) is 64.1 Å². The molecule has 5 nitrogen and oxygen atoms in total. The van der Waals surface area contributed by atoms with E-state index in [1.807, 2.05) is 18.2 Å². The van der Waals surface area contributed by atoms with E-state index >= 15 is 0 Å². The minimum atomic E-state index is -1.06. The molecular weight excluding hydrogens is 480 g/mol. The van der Waals surface area contributed by atoms with Gasteiger partial charge in [-0.3, -0.25) is 0 Å². The van der Waals surface area contributed by atoms with E-state index in [9.17, 15) is 5.11 Å². The number of ether oxygens (including phenoxy) is 2. The van der Waals surface area contributed by atoms with E-state index in [1.54, 1.807) is 0 Å². The molecule has 6 heteroatoms. The van der Waals surface area contributed by atoms with Crippen LogP contribution in [0, 0.1) is 0 Å². The summed E-state index contributed by atoms with van der Waals surface area (Å²) in [6.45, 7) is 1.61. The third kappa shape index (κ3) is 3.81. The molecule has 6 rings (SSSR count). The Balaban J connectivity index is 0.00000228. The topological polar surface area (TPSA) is 44.9 Å². The number of amidine groups is 1. The molecule has 0 saturated heterocycles. The van der Waals surface area contributed by atoms with Gasteiger partial charge < -0.3 is 31.6 Å². The van der Waals surface area contributed by atoms with E-state index < -0.39 is 5.72 Å². The lowest BCUT2D eigenvalue weighted by Gasteiger charge is -2.24. The summed E-state index contributed by atoms with van der Waals surface area (Å²) in [7, 11) is 0. The van der Waals surface area contributed by atoms with Gasteiger partial charge in [0.2, 0.25) is 6.79 Å². The van der Waals surface area contributed by atoms with Gasteiger partial charge in [-0.25, -0.2) is 9.48 Å². The van der Waals surface area contributed by atoms with Crippen LogP contribution < -0.4 is 31.4 Å². The molecule has 33 heavy (non-hydrogen) atoms. The van der Waals surface area contributed by atoms with Crippen molar-refractivity contribution in [2.24, 2.45) is 0 Å². The maximum atomic E-state index is 12.1. The van der Waals surface area contributed by atoms with Gasteiger partial charge in [0.1, 0.15) is 5.69 Å². The zero-order valence-corrected chi connectivity index (χ0v) is 20.0. The summed E-state index contributed by atoms with van der Waals surface area (Å²) in [5, 5.41) is 12.1. The molecule has 0 bridgehead atoms. The van der Waals surface area contributed by atoms with Gasteiger partial charge in [-0.2, -0.15) is 0 Å². The van der Waals surface area contributed by atoms with Gasteiger partial charge in [0.05, 0.1) is 6.54 Å². The van der Waals surface area contributed by atoms with Gasteiger partial charge in [0.25, 0.3) is 11.6 Å². The molecule has 0 aliphatic carbocycles. The number of hydrogen-bond donors (Lipinski definition) is 1. The standard InChI is InChI=1S/C27H27N2O3.BrH/c30-27(22-12-10-21(11-13-22)20-7-3-1-4-8-20)18-28(26-9-5-2-6-16-29(26)27)23-14-15-24-25(17-23)32-19-31-24;/h1,3-4,7-8,10-15,17,30H,2,5-6,9,16,18-19H2;1H/q+1;/p-1. The molecule has 3 heterocycles. The van der Waals surface area contributed by atoms with Crippen molar-refractivity contribution in [3.05, 3.63) is 78.4 Å². The van der Waals surface area contributed by atoms with Crippen LogP contribution in [-0.4, -0.2) is 35.4 Å². The minimum Gasteiger partial charge on any atom is -1.00 e. The fraction of sp³-hybridized carbons (Fsp3) is 0.296. The number of aliphatic hydroxyl groups is 1. The number of β-amino-alcohol motifs (C(OH)–C–C–N with tert-alkyl or cyclic N) is 1. The van der Waals surface area contributed by atoms with E-state index in [0.717, 1.165) is 54.1 Å². The highest BCUT2D eigenvalue weighted by Crippen LogP contribution is 2.40. The number of nitrogens with zero attached hydrogens (tertiary/aromatic N) is 2. The van der Waals surface area contributed by atoms with Crippen molar-refractivity contribution in [1.29, 1.82) is 0 Å². The van der Waals surface area contributed by atoms with Gasteiger partial charge in [-0.15, -0.1) is 0 Å².